The average molecular weight is 278 g/mol. The van der Waals surface area contributed by atoms with Gasteiger partial charge in [-0.1, -0.05) is 0 Å². The molecule has 0 aliphatic heterocycles. The second kappa shape index (κ2) is 6.19. The summed E-state index contributed by atoms with van der Waals surface area (Å²) in [5.74, 6) is 0.948. The minimum atomic E-state index is -0.163. The van der Waals surface area contributed by atoms with Crippen LogP contribution >= 0.6 is 11.3 Å². The van der Waals surface area contributed by atoms with Gasteiger partial charge in [-0.15, -0.1) is 11.3 Å². The molecular weight excluding hydrogens is 264 g/mol. The zero-order chi connectivity index (χ0) is 13.7. The van der Waals surface area contributed by atoms with Crippen molar-refractivity contribution in [2.45, 2.75) is 6.61 Å². The normalized spacial score (nSPS) is 10.0. The molecule has 0 spiro atoms. The number of amides is 1. The zero-order valence-corrected chi connectivity index (χ0v) is 11.5. The maximum absolute atomic E-state index is 11.5. The van der Waals surface area contributed by atoms with Gasteiger partial charge in [-0.05, 0) is 18.2 Å². The Balaban J connectivity index is 2.14. The lowest BCUT2D eigenvalue weighted by molar-refractivity contribution is 0.0962. The van der Waals surface area contributed by atoms with Crippen LogP contribution in [0.2, 0.25) is 0 Å². The van der Waals surface area contributed by atoms with E-state index in [1.54, 1.807) is 37.9 Å². The molecule has 0 bridgehead atoms. The molecule has 0 saturated carbocycles. The van der Waals surface area contributed by atoms with Gasteiger partial charge in [0.15, 0.2) is 11.5 Å². The highest BCUT2D eigenvalue weighted by Gasteiger charge is 2.10. The number of aromatic nitrogens is 1. The van der Waals surface area contributed by atoms with Crippen LogP contribution in [0.25, 0.3) is 0 Å². The van der Waals surface area contributed by atoms with Gasteiger partial charge in [0, 0.05) is 18.0 Å². The minimum absolute atomic E-state index is 0.163. The number of hydrogen-bond donors (Lipinski definition) is 1. The SMILES string of the molecule is CNC(=O)c1ccc(OCc2cscn2)c(OC)c1. The lowest BCUT2D eigenvalue weighted by Gasteiger charge is -2.11. The number of thiazole rings is 1. The van der Waals surface area contributed by atoms with Crippen molar-refractivity contribution in [3.8, 4) is 11.5 Å². The fourth-order valence-corrected chi connectivity index (χ4v) is 2.08. The summed E-state index contributed by atoms with van der Waals surface area (Å²) in [7, 11) is 3.13. The van der Waals surface area contributed by atoms with Crippen molar-refractivity contribution < 1.29 is 14.3 Å². The van der Waals surface area contributed by atoms with E-state index in [2.05, 4.69) is 10.3 Å². The van der Waals surface area contributed by atoms with Crippen molar-refractivity contribution in [2.75, 3.05) is 14.2 Å². The van der Waals surface area contributed by atoms with Crippen LogP contribution in [0.4, 0.5) is 0 Å². The Morgan fingerprint density at radius 1 is 1.42 bits per heavy atom. The zero-order valence-electron chi connectivity index (χ0n) is 10.7. The van der Waals surface area contributed by atoms with Gasteiger partial charge in [0.25, 0.3) is 5.91 Å². The second-order valence-corrected chi connectivity index (χ2v) is 4.43. The van der Waals surface area contributed by atoms with Crippen molar-refractivity contribution in [1.29, 1.82) is 0 Å². The first-order valence-corrected chi connectivity index (χ1v) is 6.59. The summed E-state index contributed by atoms with van der Waals surface area (Å²) in [5.41, 5.74) is 3.15. The number of nitrogens with zero attached hydrogens (tertiary/aromatic N) is 1. The molecular formula is C13H14N2O3S. The summed E-state index contributed by atoms with van der Waals surface area (Å²) >= 11 is 1.52. The Bertz CT molecular complexity index is 555. The summed E-state index contributed by atoms with van der Waals surface area (Å²) in [6.07, 6.45) is 0. The predicted octanol–water partition coefficient (Wildman–Crippen LogP) is 2.09. The monoisotopic (exact) mass is 278 g/mol. The van der Waals surface area contributed by atoms with E-state index in [1.807, 2.05) is 5.38 Å². The number of hydrogen-bond acceptors (Lipinski definition) is 5. The first kappa shape index (κ1) is 13.4. The molecule has 0 fully saturated rings. The lowest BCUT2D eigenvalue weighted by atomic mass is 10.2. The van der Waals surface area contributed by atoms with Crippen molar-refractivity contribution in [3.63, 3.8) is 0 Å². The van der Waals surface area contributed by atoms with E-state index < -0.39 is 0 Å². The van der Waals surface area contributed by atoms with Crippen LogP contribution in [0.3, 0.4) is 0 Å². The molecule has 1 aromatic carbocycles. The maximum atomic E-state index is 11.5. The second-order valence-electron chi connectivity index (χ2n) is 3.71. The van der Waals surface area contributed by atoms with E-state index in [0.29, 0.717) is 23.7 Å². The number of carbonyl (C=O) groups is 1. The summed E-state index contributed by atoms with van der Waals surface area (Å²) in [6.45, 7) is 0.374. The number of carbonyl (C=O) groups excluding carboxylic acids is 1. The van der Waals surface area contributed by atoms with Crippen molar-refractivity contribution in [2.24, 2.45) is 0 Å². The molecule has 5 nitrogen and oxygen atoms in total. The number of rotatable bonds is 5. The van der Waals surface area contributed by atoms with Gasteiger partial charge in [-0.2, -0.15) is 0 Å². The number of benzene rings is 1. The molecule has 1 heterocycles. The van der Waals surface area contributed by atoms with Crippen LogP contribution < -0.4 is 14.8 Å². The lowest BCUT2D eigenvalue weighted by Crippen LogP contribution is -2.17. The van der Waals surface area contributed by atoms with E-state index in [-0.39, 0.29) is 5.91 Å². The molecule has 2 rings (SSSR count). The summed E-state index contributed by atoms with van der Waals surface area (Å²) in [5, 5.41) is 4.48. The molecule has 2 aromatic rings. The molecule has 1 aromatic heterocycles. The molecule has 0 saturated heterocycles. The molecule has 0 aliphatic carbocycles. The number of ether oxygens (including phenoxy) is 2. The third-order valence-electron chi connectivity index (χ3n) is 2.51. The van der Waals surface area contributed by atoms with E-state index in [1.165, 1.54) is 11.3 Å². The van der Waals surface area contributed by atoms with Gasteiger partial charge in [0.1, 0.15) is 6.61 Å². The van der Waals surface area contributed by atoms with Crippen LogP contribution in [0.1, 0.15) is 16.1 Å². The Morgan fingerprint density at radius 2 is 2.26 bits per heavy atom. The van der Waals surface area contributed by atoms with E-state index >= 15 is 0 Å². The molecule has 0 aliphatic rings. The Kier molecular flexibility index (Phi) is 4.35. The minimum Gasteiger partial charge on any atom is -0.493 e. The molecule has 0 radical (unpaired) electrons. The topological polar surface area (TPSA) is 60.5 Å². The van der Waals surface area contributed by atoms with Gasteiger partial charge in [0.05, 0.1) is 18.3 Å². The van der Waals surface area contributed by atoms with E-state index in [9.17, 15) is 4.79 Å². The Labute approximate surface area is 115 Å². The fourth-order valence-electron chi connectivity index (χ4n) is 1.53. The Hall–Kier alpha value is -2.08. The molecule has 100 valence electrons. The number of methoxy groups -OCH3 is 1. The predicted molar refractivity (Wildman–Crippen MR) is 72.8 cm³/mol. The van der Waals surface area contributed by atoms with Gasteiger partial charge < -0.3 is 14.8 Å². The van der Waals surface area contributed by atoms with Crippen LogP contribution in [0, 0.1) is 0 Å². The maximum Gasteiger partial charge on any atom is 0.251 e. The first-order chi connectivity index (χ1) is 9.24. The van der Waals surface area contributed by atoms with E-state index in [0.717, 1.165) is 5.69 Å². The molecule has 6 heteroatoms. The quantitative estimate of drug-likeness (QED) is 0.909. The summed E-state index contributed by atoms with van der Waals surface area (Å²) in [4.78, 5) is 15.7. The molecule has 1 amide bonds. The Morgan fingerprint density at radius 3 is 2.89 bits per heavy atom. The fraction of sp³-hybridized carbons (Fsp3) is 0.231. The van der Waals surface area contributed by atoms with Crippen LogP contribution in [-0.4, -0.2) is 25.0 Å². The van der Waals surface area contributed by atoms with Gasteiger partial charge in [-0.3, -0.25) is 4.79 Å². The van der Waals surface area contributed by atoms with Gasteiger partial charge >= 0.3 is 0 Å². The van der Waals surface area contributed by atoms with Crippen LogP contribution in [-0.2, 0) is 6.61 Å². The highest BCUT2D eigenvalue weighted by molar-refractivity contribution is 7.07. The highest BCUT2D eigenvalue weighted by atomic mass is 32.1. The summed E-state index contributed by atoms with van der Waals surface area (Å²) < 4.78 is 10.9. The molecule has 1 N–H and O–H groups in total. The van der Waals surface area contributed by atoms with Gasteiger partial charge in [-0.25, -0.2) is 4.98 Å². The smallest absolute Gasteiger partial charge is 0.251 e. The standard InChI is InChI=1S/C13H14N2O3S/c1-14-13(16)9-3-4-11(12(5-9)17-2)18-6-10-7-19-8-15-10/h3-5,7-8H,6H2,1-2H3,(H,14,16). The summed E-state index contributed by atoms with van der Waals surface area (Å²) in [6, 6.07) is 5.06. The van der Waals surface area contributed by atoms with Crippen molar-refractivity contribution >= 4 is 17.2 Å². The largest absolute Gasteiger partial charge is 0.493 e. The molecule has 19 heavy (non-hydrogen) atoms. The highest BCUT2D eigenvalue weighted by Crippen LogP contribution is 2.28. The van der Waals surface area contributed by atoms with Gasteiger partial charge in [0.2, 0.25) is 0 Å². The van der Waals surface area contributed by atoms with Crippen molar-refractivity contribution in [3.05, 3.63) is 40.3 Å². The van der Waals surface area contributed by atoms with Crippen LogP contribution in [0.5, 0.6) is 11.5 Å². The molecule has 0 unspecified atom stereocenters. The third kappa shape index (κ3) is 3.23. The van der Waals surface area contributed by atoms with E-state index in [4.69, 9.17) is 9.47 Å². The number of nitrogens with one attached hydrogen (secondary N) is 1. The van der Waals surface area contributed by atoms with Crippen molar-refractivity contribution in [1.82, 2.24) is 10.3 Å². The average Bonchev–Trinajstić information content (AvgIpc) is 2.97. The first-order valence-electron chi connectivity index (χ1n) is 5.64. The molecule has 0 atom stereocenters. The third-order valence-corrected chi connectivity index (χ3v) is 3.15. The van der Waals surface area contributed by atoms with Crippen LogP contribution in [0.15, 0.2) is 29.1 Å².